The van der Waals surface area contributed by atoms with Gasteiger partial charge >= 0.3 is 0 Å². The second-order valence-electron chi connectivity index (χ2n) is 4.93. The Kier molecular flexibility index (Phi) is 4.80. The van der Waals surface area contributed by atoms with Crippen molar-refractivity contribution in [3.63, 3.8) is 0 Å². The second kappa shape index (κ2) is 6.78. The standard InChI is InChI=1S/C12H18N6O2/c1-9(2)5-10-16-12(20-17-10)6-13-11(19)3-4-18-7-14-15-8-18/h7-9H,3-6H2,1-2H3,(H,13,19). The number of amides is 1. The van der Waals surface area contributed by atoms with Crippen LogP contribution in [0.3, 0.4) is 0 Å². The molecule has 0 aromatic carbocycles. The van der Waals surface area contributed by atoms with Crippen molar-refractivity contribution in [1.82, 2.24) is 30.2 Å². The summed E-state index contributed by atoms with van der Waals surface area (Å²) in [6, 6.07) is 0. The Morgan fingerprint density at radius 2 is 2.15 bits per heavy atom. The highest BCUT2D eigenvalue weighted by Gasteiger charge is 2.09. The number of carbonyl (C=O) groups is 1. The third-order valence-corrected chi connectivity index (χ3v) is 2.60. The van der Waals surface area contributed by atoms with Gasteiger partial charge in [-0.2, -0.15) is 4.98 Å². The monoisotopic (exact) mass is 278 g/mol. The summed E-state index contributed by atoms with van der Waals surface area (Å²) in [6.45, 7) is 4.97. The fourth-order valence-corrected chi connectivity index (χ4v) is 1.64. The lowest BCUT2D eigenvalue weighted by Gasteiger charge is -2.02. The van der Waals surface area contributed by atoms with Gasteiger partial charge < -0.3 is 14.4 Å². The van der Waals surface area contributed by atoms with E-state index in [0.29, 0.717) is 30.6 Å². The second-order valence-corrected chi connectivity index (χ2v) is 4.93. The van der Waals surface area contributed by atoms with Crippen molar-refractivity contribution in [3.8, 4) is 0 Å². The minimum atomic E-state index is -0.0812. The van der Waals surface area contributed by atoms with E-state index in [9.17, 15) is 4.79 Å². The Labute approximate surface area is 116 Å². The summed E-state index contributed by atoms with van der Waals surface area (Å²) in [4.78, 5) is 15.9. The minimum Gasteiger partial charge on any atom is -0.347 e. The number of rotatable bonds is 7. The van der Waals surface area contributed by atoms with Crippen LogP contribution in [-0.2, 0) is 24.3 Å². The fraction of sp³-hybridized carbons (Fsp3) is 0.583. The zero-order valence-electron chi connectivity index (χ0n) is 11.6. The van der Waals surface area contributed by atoms with Crippen molar-refractivity contribution >= 4 is 5.91 Å². The van der Waals surface area contributed by atoms with Gasteiger partial charge in [0.1, 0.15) is 12.7 Å². The molecule has 0 fully saturated rings. The summed E-state index contributed by atoms with van der Waals surface area (Å²) in [5.74, 6) is 1.49. The predicted molar refractivity (Wildman–Crippen MR) is 69.3 cm³/mol. The van der Waals surface area contributed by atoms with E-state index in [2.05, 4.69) is 39.5 Å². The van der Waals surface area contributed by atoms with Crippen LogP contribution in [-0.4, -0.2) is 30.8 Å². The SMILES string of the molecule is CC(C)Cc1noc(CNC(=O)CCn2cnnc2)n1. The molecule has 1 amide bonds. The van der Waals surface area contributed by atoms with Gasteiger partial charge in [-0.25, -0.2) is 0 Å². The Hall–Kier alpha value is -2.25. The lowest BCUT2D eigenvalue weighted by Crippen LogP contribution is -2.24. The van der Waals surface area contributed by atoms with Gasteiger partial charge in [-0.3, -0.25) is 4.79 Å². The van der Waals surface area contributed by atoms with Gasteiger partial charge in [0.2, 0.25) is 11.8 Å². The Morgan fingerprint density at radius 1 is 1.40 bits per heavy atom. The van der Waals surface area contributed by atoms with Gasteiger partial charge in [0.05, 0.1) is 6.54 Å². The molecule has 0 aliphatic heterocycles. The van der Waals surface area contributed by atoms with E-state index in [0.717, 1.165) is 6.42 Å². The van der Waals surface area contributed by atoms with E-state index in [4.69, 9.17) is 4.52 Å². The Balaban J connectivity index is 1.71. The zero-order valence-corrected chi connectivity index (χ0v) is 11.6. The summed E-state index contributed by atoms with van der Waals surface area (Å²) in [7, 11) is 0. The number of aromatic nitrogens is 5. The molecule has 2 aromatic rings. The maximum atomic E-state index is 11.6. The highest BCUT2D eigenvalue weighted by molar-refractivity contribution is 5.75. The summed E-state index contributed by atoms with van der Waals surface area (Å²) in [5, 5.41) is 13.9. The molecule has 0 unspecified atom stereocenters. The molecule has 8 nitrogen and oxygen atoms in total. The molecule has 0 aliphatic rings. The van der Waals surface area contributed by atoms with Crippen molar-refractivity contribution in [1.29, 1.82) is 0 Å². The van der Waals surface area contributed by atoms with E-state index in [1.165, 1.54) is 0 Å². The molecule has 8 heteroatoms. The van der Waals surface area contributed by atoms with E-state index < -0.39 is 0 Å². The zero-order chi connectivity index (χ0) is 14.4. The molecule has 0 bridgehead atoms. The van der Waals surface area contributed by atoms with Crippen LogP contribution in [0.15, 0.2) is 17.2 Å². The van der Waals surface area contributed by atoms with Crippen molar-refractivity contribution in [3.05, 3.63) is 24.4 Å². The topological polar surface area (TPSA) is 98.7 Å². The molecule has 0 saturated carbocycles. The first-order valence-corrected chi connectivity index (χ1v) is 6.54. The van der Waals surface area contributed by atoms with Gasteiger partial charge in [0, 0.05) is 19.4 Å². The van der Waals surface area contributed by atoms with E-state index >= 15 is 0 Å². The summed E-state index contributed by atoms with van der Waals surface area (Å²) >= 11 is 0. The summed E-state index contributed by atoms with van der Waals surface area (Å²) < 4.78 is 6.81. The lowest BCUT2D eigenvalue weighted by atomic mass is 10.1. The molecule has 2 rings (SSSR count). The molecule has 2 heterocycles. The quantitative estimate of drug-likeness (QED) is 0.794. The molecular formula is C12H18N6O2. The third kappa shape index (κ3) is 4.45. The molecular weight excluding hydrogens is 260 g/mol. The van der Waals surface area contributed by atoms with Crippen LogP contribution in [0.25, 0.3) is 0 Å². The van der Waals surface area contributed by atoms with Crippen LogP contribution in [0.2, 0.25) is 0 Å². The van der Waals surface area contributed by atoms with Gasteiger partial charge in [-0.05, 0) is 5.92 Å². The minimum absolute atomic E-state index is 0.0812. The molecule has 108 valence electrons. The molecule has 20 heavy (non-hydrogen) atoms. The van der Waals surface area contributed by atoms with Gasteiger partial charge in [-0.15, -0.1) is 10.2 Å². The number of carbonyl (C=O) groups excluding carboxylic acids is 1. The molecule has 0 spiro atoms. The molecule has 0 saturated heterocycles. The number of hydrogen-bond acceptors (Lipinski definition) is 6. The summed E-state index contributed by atoms with van der Waals surface area (Å²) in [6.07, 6.45) is 4.27. The number of hydrogen-bond donors (Lipinski definition) is 1. The van der Waals surface area contributed by atoms with Crippen molar-refractivity contribution in [2.24, 2.45) is 5.92 Å². The number of aryl methyl sites for hydroxylation is 1. The first-order chi connectivity index (χ1) is 9.63. The van der Waals surface area contributed by atoms with Gasteiger partial charge in [0.25, 0.3) is 0 Å². The largest absolute Gasteiger partial charge is 0.347 e. The number of nitrogens with one attached hydrogen (secondary N) is 1. The Bertz CT molecular complexity index is 534. The highest BCUT2D eigenvalue weighted by Crippen LogP contribution is 2.04. The molecule has 0 atom stereocenters. The average molecular weight is 278 g/mol. The van der Waals surface area contributed by atoms with E-state index in [1.54, 1.807) is 17.2 Å². The smallest absolute Gasteiger partial charge is 0.246 e. The van der Waals surface area contributed by atoms with Crippen LogP contribution >= 0.6 is 0 Å². The molecule has 2 aromatic heterocycles. The highest BCUT2D eigenvalue weighted by atomic mass is 16.5. The van der Waals surface area contributed by atoms with Crippen LogP contribution in [0.1, 0.15) is 32.0 Å². The van der Waals surface area contributed by atoms with Crippen LogP contribution in [0.5, 0.6) is 0 Å². The Morgan fingerprint density at radius 3 is 2.85 bits per heavy atom. The van der Waals surface area contributed by atoms with Gasteiger partial charge in [0.15, 0.2) is 5.82 Å². The lowest BCUT2D eigenvalue weighted by molar-refractivity contribution is -0.121. The van der Waals surface area contributed by atoms with Crippen LogP contribution < -0.4 is 5.32 Å². The third-order valence-electron chi connectivity index (χ3n) is 2.60. The first kappa shape index (κ1) is 14.2. The maximum Gasteiger partial charge on any atom is 0.246 e. The summed E-state index contributed by atoms with van der Waals surface area (Å²) in [5.41, 5.74) is 0. The molecule has 1 N–H and O–H groups in total. The fourth-order valence-electron chi connectivity index (χ4n) is 1.64. The van der Waals surface area contributed by atoms with E-state index in [1.807, 2.05) is 0 Å². The van der Waals surface area contributed by atoms with Crippen molar-refractivity contribution in [2.75, 3.05) is 0 Å². The van der Waals surface area contributed by atoms with Crippen LogP contribution in [0, 0.1) is 5.92 Å². The number of nitrogens with zero attached hydrogens (tertiary/aromatic N) is 5. The first-order valence-electron chi connectivity index (χ1n) is 6.54. The van der Waals surface area contributed by atoms with E-state index in [-0.39, 0.29) is 12.5 Å². The average Bonchev–Trinajstić information content (AvgIpc) is 3.04. The van der Waals surface area contributed by atoms with Gasteiger partial charge in [-0.1, -0.05) is 19.0 Å². The normalized spacial score (nSPS) is 10.9. The van der Waals surface area contributed by atoms with Crippen molar-refractivity contribution < 1.29 is 9.32 Å². The van der Waals surface area contributed by atoms with Crippen molar-refractivity contribution in [2.45, 2.75) is 39.8 Å². The molecule has 0 aliphatic carbocycles. The molecule has 0 radical (unpaired) electrons. The predicted octanol–water partition coefficient (Wildman–Crippen LogP) is 0.566. The van der Waals surface area contributed by atoms with Crippen LogP contribution in [0.4, 0.5) is 0 Å². The maximum absolute atomic E-state index is 11.6.